The summed E-state index contributed by atoms with van der Waals surface area (Å²) in [4.78, 5) is 1.03. The van der Waals surface area contributed by atoms with Crippen molar-refractivity contribution >= 4 is 21.4 Å². The van der Waals surface area contributed by atoms with Gasteiger partial charge < -0.3 is 5.32 Å². The van der Waals surface area contributed by atoms with Crippen molar-refractivity contribution in [3.05, 3.63) is 17.0 Å². The minimum atomic E-state index is -3.28. The summed E-state index contributed by atoms with van der Waals surface area (Å²) in [7, 11) is -3.28. The first-order valence-corrected chi connectivity index (χ1v) is 7.56. The quantitative estimate of drug-likeness (QED) is 0.864. The van der Waals surface area contributed by atoms with Crippen LogP contribution in [0.3, 0.4) is 0 Å². The van der Waals surface area contributed by atoms with E-state index < -0.39 is 10.0 Å². The summed E-state index contributed by atoms with van der Waals surface area (Å²) in [6.07, 6.45) is 0. The molecule has 0 radical (unpaired) electrons. The summed E-state index contributed by atoms with van der Waals surface area (Å²) < 4.78 is 26.7. The fourth-order valence-electron chi connectivity index (χ4n) is 1.85. The third-order valence-corrected chi connectivity index (χ3v) is 6.20. The van der Waals surface area contributed by atoms with Gasteiger partial charge in [0.05, 0.1) is 0 Å². The van der Waals surface area contributed by atoms with E-state index in [4.69, 9.17) is 0 Å². The molecule has 1 atom stereocenters. The average Bonchev–Trinajstić information content (AvgIpc) is 2.66. The third-order valence-electron chi connectivity index (χ3n) is 2.72. The van der Waals surface area contributed by atoms with Gasteiger partial charge in [-0.15, -0.1) is 11.3 Å². The van der Waals surface area contributed by atoms with Gasteiger partial charge in [-0.3, -0.25) is 0 Å². The second kappa shape index (κ2) is 4.44. The number of hydrogen-bond acceptors (Lipinski definition) is 4. The molecule has 0 amide bonds. The molecule has 6 heteroatoms. The predicted octanol–water partition coefficient (Wildman–Crippen LogP) is 1.04. The summed E-state index contributed by atoms with van der Waals surface area (Å²) in [5.41, 5.74) is 0. The molecule has 1 saturated heterocycles. The van der Waals surface area contributed by atoms with Crippen LogP contribution in [0.2, 0.25) is 0 Å². The van der Waals surface area contributed by atoms with Gasteiger partial charge in [0.25, 0.3) is 10.0 Å². The molecule has 0 spiro atoms. The molecule has 1 aromatic heterocycles. The van der Waals surface area contributed by atoms with Crippen LogP contribution in [-0.4, -0.2) is 38.4 Å². The summed E-state index contributed by atoms with van der Waals surface area (Å²) in [6.45, 7) is 5.87. The first kappa shape index (κ1) is 12.0. The Hall–Kier alpha value is -0.430. The minimum absolute atomic E-state index is 0.0288. The first-order chi connectivity index (χ1) is 7.51. The Bertz CT molecular complexity index is 467. The molecule has 0 saturated carbocycles. The summed E-state index contributed by atoms with van der Waals surface area (Å²) >= 11 is 1.34. The second-order valence-electron chi connectivity index (χ2n) is 4.03. The zero-order valence-electron chi connectivity index (χ0n) is 9.43. The number of nitrogens with one attached hydrogen (secondary N) is 1. The lowest BCUT2D eigenvalue weighted by Gasteiger charge is -2.32. The maximum absolute atomic E-state index is 12.3. The number of piperazine rings is 1. The number of hydrogen-bond donors (Lipinski definition) is 1. The van der Waals surface area contributed by atoms with Crippen molar-refractivity contribution in [3.63, 3.8) is 0 Å². The highest BCUT2D eigenvalue weighted by molar-refractivity contribution is 7.91. The fraction of sp³-hybridized carbons (Fsp3) is 0.600. The monoisotopic (exact) mass is 260 g/mol. The van der Waals surface area contributed by atoms with Crippen LogP contribution < -0.4 is 5.32 Å². The van der Waals surface area contributed by atoms with Crippen LogP contribution in [0.1, 0.15) is 11.8 Å². The highest BCUT2D eigenvalue weighted by Gasteiger charge is 2.31. The smallest absolute Gasteiger partial charge is 0.252 e. The molecule has 4 nitrogen and oxygen atoms in total. The maximum atomic E-state index is 12.3. The molecule has 1 aliphatic heterocycles. The van der Waals surface area contributed by atoms with E-state index in [1.807, 2.05) is 19.9 Å². The van der Waals surface area contributed by atoms with Crippen LogP contribution in [0, 0.1) is 6.92 Å². The standard InChI is InChI=1S/C10H16N2O2S2/c1-8-7-11-5-6-12(8)16(13,14)10-4-3-9(2)15-10/h3-4,8,11H,5-7H2,1-2H3. The van der Waals surface area contributed by atoms with Crippen LogP contribution in [0.4, 0.5) is 0 Å². The molecule has 1 aromatic rings. The Morgan fingerprint density at radius 1 is 1.50 bits per heavy atom. The highest BCUT2D eigenvalue weighted by Crippen LogP contribution is 2.25. The first-order valence-electron chi connectivity index (χ1n) is 5.31. The molecule has 1 N–H and O–H groups in total. The van der Waals surface area contributed by atoms with E-state index in [1.54, 1.807) is 10.4 Å². The topological polar surface area (TPSA) is 49.4 Å². The van der Waals surface area contributed by atoms with Gasteiger partial charge in [0.2, 0.25) is 0 Å². The van der Waals surface area contributed by atoms with Crippen molar-refractivity contribution in [1.82, 2.24) is 9.62 Å². The van der Waals surface area contributed by atoms with Gasteiger partial charge >= 0.3 is 0 Å². The van der Waals surface area contributed by atoms with Crippen molar-refractivity contribution in [1.29, 1.82) is 0 Å². The van der Waals surface area contributed by atoms with Gasteiger partial charge in [0.1, 0.15) is 4.21 Å². The number of rotatable bonds is 2. The number of sulfonamides is 1. The molecule has 2 heterocycles. The number of thiophene rings is 1. The van der Waals surface area contributed by atoms with Crippen LogP contribution in [0.25, 0.3) is 0 Å². The third kappa shape index (κ3) is 2.15. The molecular weight excluding hydrogens is 244 g/mol. The molecular formula is C10H16N2O2S2. The zero-order valence-corrected chi connectivity index (χ0v) is 11.1. The van der Waals surface area contributed by atoms with E-state index in [2.05, 4.69) is 5.32 Å². The summed E-state index contributed by atoms with van der Waals surface area (Å²) in [5.74, 6) is 0. The van der Waals surface area contributed by atoms with Crippen molar-refractivity contribution in [2.75, 3.05) is 19.6 Å². The van der Waals surface area contributed by atoms with E-state index in [1.165, 1.54) is 11.3 Å². The predicted molar refractivity (Wildman–Crippen MR) is 65.3 cm³/mol. The average molecular weight is 260 g/mol. The lowest BCUT2D eigenvalue weighted by molar-refractivity contribution is 0.284. The highest BCUT2D eigenvalue weighted by atomic mass is 32.2. The normalized spacial score (nSPS) is 23.5. The van der Waals surface area contributed by atoms with Gasteiger partial charge in [0, 0.05) is 30.6 Å². The Morgan fingerprint density at radius 2 is 2.25 bits per heavy atom. The van der Waals surface area contributed by atoms with Gasteiger partial charge in [-0.2, -0.15) is 4.31 Å². The van der Waals surface area contributed by atoms with Gasteiger partial charge in [-0.05, 0) is 26.0 Å². The molecule has 16 heavy (non-hydrogen) atoms. The second-order valence-corrected chi connectivity index (χ2v) is 7.44. The molecule has 1 aliphatic rings. The van der Waals surface area contributed by atoms with E-state index in [-0.39, 0.29) is 6.04 Å². The molecule has 0 aliphatic carbocycles. The minimum Gasteiger partial charge on any atom is -0.314 e. The van der Waals surface area contributed by atoms with Gasteiger partial charge in [-0.1, -0.05) is 0 Å². The molecule has 1 unspecified atom stereocenters. The lowest BCUT2D eigenvalue weighted by atomic mass is 10.3. The Kier molecular flexibility index (Phi) is 3.34. The number of nitrogens with zero attached hydrogens (tertiary/aromatic N) is 1. The molecule has 0 aromatic carbocycles. The summed E-state index contributed by atoms with van der Waals surface area (Å²) in [6, 6.07) is 3.58. The largest absolute Gasteiger partial charge is 0.314 e. The maximum Gasteiger partial charge on any atom is 0.252 e. The summed E-state index contributed by atoms with van der Waals surface area (Å²) in [5, 5.41) is 3.19. The van der Waals surface area contributed by atoms with E-state index in [0.717, 1.165) is 18.0 Å². The van der Waals surface area contributed by atoms with Crippen LogP contribution in [0.5, 0.6) is 0 Å². The molecule has 1 fully saturated rings. The van der Waals surface area contributed by atoms with Gasteiger partial charge in [-0.25, -0.2) is 8.42 Å². The van der Waals surface area contributed by atoms with Crippen LogP contribution >= 0.6 is 11.3 Å². The Balaban J connectivity index is 2.31. The van der Waals surface area contributed by atoms with E-state index >= 15 is 0 Å². The molecule has 0 bridgehead atoms. The van der Waals surface area contributed by atoms with E-state index in [9.17, 15) is 8.42 Å². The van der Waals surface area contributed by atoms with Crippen molar-refractivity contribution in [3.8, 4) is 0 Å². The van der Waals surface area contributed by atoms with Crippen LogP contribution in [-0.2, 0) is 10.0 Å². The van der Waals surface area contributed by atoms with E-state index in [0.29, 0.717) is 10.8 Å². The van der Waals surface area contributed by atoms with Crippen molar-refractivity contribution < 1.29 is 8.42 Å². The lowest BCUT2D eigenvalue weighted by Crippen LogP contribution is -2.51. The Morgan fingerprint density at radius 3 is 2.81 bits per heavy atom. The molecule has 2 rings (SSSR count). The number of aryl methyl sites for hydroxylation is 1. The Labute approximate surface area is 100 Å². The van der Waals surface area contributed by atoms with Gasteiger partial charge in [0.15, 0.2) is 0 Å². The molecule has 90 valence electrons. The SMILES string of the molecule is Cc1ccc(S(=O)(=O)N2CCNCC2C)s1. The fourth-order valence-corrected chi connectivity index (χ4v) is 4.89. The van der Waals surface area contributed by atoms with Crippen molar-refractivity contribution in [2.24, 2.45) is 0 Å². The van der Waals surface area contributed by atoms with Crippen molar-refractivity contribution in [2.45, 2.75) is 24.1 Å². The zero-order chi connectivity index (χ0) is 11.8. The van der Waals surface area contributed by atoms with Crippen LogP contribution in [0.15, 0.2) is 16.3 Å².